The summed E-state index contributed by atoms with van der Waals surface area (Å²) in [6.45, 7) is 3.02. The third-order valence-corrected chi connectivity index (χ3v) is 1.34. The predicted molar refractivity (Wildman–Crippen MR) is 43.8 cm³/mol. The van der Waals surface area contributed by atoms with Gasteiger partial charge in [-0.2, -0.15) is 5.26 Å². The van der Waals surface area contributed by atoms with Gasteiger partial charge in [0.15, 0.2) is 5.60 Å². The summed E-state index contributed by atoms with van der Waals surface area (Å²) in [5, 5.41) is 8.58. The third-order valence-electron chi connectivity index (χ3n) is 1.34. The number of nitriles is 1. The van der Waals surface area contributed by atoms with Crippen LogP contribution < -0.4 is 0 Å². The molecule has 0 aliphatic carbocycles. The lowest BCUT2D eigenvalue weighted by atomic mass is 10.2. The van der Waals surface area contributed by atoms with E-state index in [0.29, 0.717) is 0 Å². The van der Waals surface area contributed by atoms with E-state index in [-0.39, 0.29) is 5.76 Å². The van der Waals surface area contributed by atoms with Gasteiger partial charge in [0.05, 0.1) is 6.26 Å². The molecular formula is C9H9NO3. The van der Waals surface area contributed by atoms with Crippen molar-refractivity contribution in [2.24, 2.45) is 0 Å². The Balaban J connectivity index is 2.68. The van der Waals surface area contributed by atoms with E-state index in [9.17, 15) is 4.79 Å². The van der Waals surface area contributed by atoms with Crippen molar-refractivity contribution in [2.75, 3.05) is 0 Å². The maximum Gasteiger partial charge on any atom is 0.375 e. The Bertz CT molecular complexity index is 332. The normalized spacial score (nSPS) is 10.5. The highest BCUT2D eigenvalue weighted by Gasteiger charge is 2.24. The first kappa shape index (κ1) is 9.33. The van der Waals surface area contributed by atoms with Crippen LogP contribution in [0.1, 0.15) is 24.4 Å². The van der Waals surface area contributed by atoms with Crippen molar-refractivity contribution in [3.63, 3.8) is 0 Å². The van der Waals surface area contributed by atoms with Gasteiger partial charge in [-0.1, -0.05) is 0 Å². The minimum atomic E-state index is -1.12. The smallest absolute Gasteiger partial charge is 0.375 e. The van der Waals surface area contributed by atoms with Crippen molar-refractivity contribution >= 4 is 5.97 Å². The molecule has 0 fully saturated rings. The molecule has 1 rings (SSSR count). The van der Waals surface area contributed by atoms with E-state index in [1.54, 1.807) is 6.07 Å². The van der Waals surface area contributed by atoms with E-state index in [1.165, 1.54) is 26.2 Å². The van der Waals surface area contributed by atoms with Crippen molar-refractivity contribution < 1.29 is 13.9 Å². The van der Waals surface area contributed by atoms with Crippen LogP contribution >= 0.6 is 0 Å². The number of rotatable bonds is 2. The van der Waals surface area contributed by atoms with Crippen molar-refractivity contribution in [2.45, 2.75) is 19.4 Å². The molecule has 0 atom stereocenters. The van der Waals surface area contributed by atoms with Crippen LogP contribution in [0.3, 0.4) is 0 Å². The molecule has 0 saturated carbocycles. The first-order chi connectivity index (χ1) is 6.05. The highest BCUT2D eigenvalue weighted by molar-refractivity contribution is 5.86. The zero-order chi connectivity index (χ0) is 9.90. The Hall–Kier alpha value is -1.76. The summed E-state index contributed by atoms with van der Waals surface area (Å²) < 4.78 is 9.64. The van der Waals surface area contributed by atoms with Crippen LogP contribution in [0.15, 0.2) is 22.8 Å². The second-order valence-corrected chi connectivity index (χ2v) is 2.99. The second-order valence-electron chi connectivity index (χ2n) is 2.99. The van der Waals surface area contributed by atoms with Crippen LogP contribution in [-0.2, 0) is 4.74 Å². The molecule has 0 radical (unpaired) electrons. The minimum absolute atomic E-state index is 0.100. The molecule has 0 spiro atoms. The fourth-order valence-electron chi connectivity index (χ4n) is 0.700. The molecule has 0 bridgehead atoms. The van der Waals surface area contributed by atoms with Gasteiger partial charge >= 0.3 is 5.97 Å². The SMILES string of the molecule is CC(C)(C#N)OC(=O)c1ccco1. The van der Waals surface area contributed by atoms with Gasteiger partial charge in [0.1, 0.15) is 6.07 Å². The van der Waals surface area contributed by atoms with Crippen LogP contribution in [0.2, 0.25) is 0 Å². The Morgan fingerprint density at radius 1 is 1.69 bits per heavy atom. The van der Waals surface area contributed by atoms with Crippen molar-refractivity contribution in [3.8, 4) is 6.07 Å². The van der Waals surface area contributed by atoms with Gasteiger partial charge < -0.3 is 9.15 Å². The molecule has 1 heterocycles. The summed E-state index contributed by atoms with van der Waals surface area (Å²) in [7, 11) is 0. The van der Waals surface area contributed by atoms with E-state index >= 15 is 0 Å². The molecule has 4 heteroatoms. The van der Waals surface area contributed by atoms with Crippen molar-refractivity contribution in [1.82, 2.24) is 0 Å². The maximum atomic E-state index is 11.2. The van der Waals surface area contributed by atoms with Gasteiger partial charge in [-0.25, -0.2) is 4.79 Å². The number of carbonyl (C=O) groups is 1. The molecule has 1 aromatic heterocycles. The van der Waals surface area contributed by atoms with Gasteiger partial charge in [-0.15, -0.1) is 0 Å². The van der Waals surface area contributed by atoms with Crippen LogP contribution in [0, 0.1) is 11.3 Å². The number of ether oxygens (including phenoxy) is 1. The first-order valence-electron chi connectivity index (χ1n) is 3.73. The molecule has 68 valence electrons. The summed E-state index contributed by atoms with van der Waals surface area (Å²) in [5.74, 6) is -0.528. The highest BCUT2D eigenvalue weighted by atomic mass is 16.6. The molecule has 0 aromatic carbocycles. The number of carbonyl (C=O) groups excluding carboxylic acids is 1. The predicted octanol–water partition coefficient (Wildman–Crippen LogP) is 1.74. The lowest BCUT2D eigenvalue weighted by Gasteiger charge is -2.14. The van der Waals surface area contributed by atoms with Gasteiger partial charge in [0.25, 0.3) is 0 Å². The number of hydrogen-bond acceptors (Lipinski definition) is 4. The lowest BCUT2D eigenvalue weighted by Crippen LogP contribution is -2.25. The average molecular weight is 179 g/mol. The summed E-state index contributed by atoms with van der Waals surface area (Å²) in [6, 6.07) is 4.91. The quantitative estimate of drug-likeness (QED) is 0.648. The molecule has 0 saturated heterocycles. The Morgan fingerprint density at radius 3 is 2.85 bits per heavy atom. The van der Waals surface area contributed by atoms with Gasteiger partial charge in [0, 0.05) is 0 Å². The first-order valence-corrected chi connectivity index (χ1v) is 3.73. The fraction of sp³-hybridized carbons (Fsp3) is 0.333. The monoisotopic (exact) mass is 179 g/mol. The van der Waals surface area contributed by atoms with Gasteiger partial charge in [-0.05, 0) is 26.0 Å². The zero-order valence-electron chi connectivity index (χ0n) is 7.40. The van der Waals surface area contributed by atoms with E-state index in [4.69, 9.17) is 14.4 Å². The Labute approximate surface area is 75.7 Å². The Morgan fingerprint density at radius 2 is 2.38 bits per heavy atom. The van der Waals surface area contributed by atoms with E-state index < -0.39 is 11.6 Å². The van der Waals surface area contributed by atoms with Crippen molar-refractivity contribution in [1.29, 1.82) is 5.26 Å². The van der Waals surface area contributed by atoms with Crippen molar-refractivity contribution in [3.05, 3.63) is 24.2 Å². The van der Waals surface area contributed by atoms with Crippen LogP contribution in [0.4, 0.5) is 0 Å². The lowest BCUT2D eigenvalue weighted by molar-refractivity contribution is 0.0162. The van der Waals surface area contributed by atoms with E-state index in [1.807, 2.05) is 6.07 Å². The summed E-state index contributed by atoms with van der Waals surface area (Å²) in [4.78, 5) is 11.2. The standard InChI is InChI=1S/C9H9NO3/c1-9(2,6-10)13-8(11)7-4-3-5-12-7/h3-5H,1-2H3. The average Bonchev–Trinajstić information content (AvgIpc) is 2.55. The zero-order valence-corrected chi connectivity index (χ0v) is 7.40. The van der Waals surface area contributed by atoms with E-state index in [0.717, 1.165) is 0 Å². The summed E-state index contributed by atoms with van der Waals surface area (Å²) in [5.41, 5.74) is -1.12. The second kappa shape index (κ2) is 3.31. The summed E-state index contributed by atoms with van der Waals surface area (Å²) >= 11 is 0. The molecule has 13 heavy (non-hydrogen) atoms. The Kier molecular flexibility index (Phi) is 2.38. The fourth-order valence-corrected chi connectivity index (χ4v) is 0.700. The number of hydrogen-bond donors (Lipinski definition) is 0. The van der Waals surface area contributed by atoms with Crippen LogP contribution in [0.5, 0.6) is 0 Å². The molecule has 0 unspecified atom stereocenters. The molecule has 0 N–H and O–H groups in total. The molecule has 4 nitrogen and oxygen atoms in total. The van der Waals surface area contributed by atoms with E-state index in [2.05, 4.69) is 0 Å². The minimum Gasteiger partial charge on any atom is -0.457 e. The molecule has 1 aromatic rings. The maximum absolute atomic E-state index is 11.2. The molecular weight excluding hydrogens is 170 g/mol. The molecule has 0 aliphatic rings. The number of esters is 1. The van der Waals surface area contributed by atoms with Gasteiger partial charge in [-0.3, -0.25) is 0 Å². The number of nitrogens with zero attached hydrogens (tertiary/aromatic N) is 1. The molecule has 0 aliphatic heterocycles. The third kappa shape index (κ3) is 2.34. The van der Waals surface area contributed by atoms with Crippen LogP contribution in [0.25, 0.3) is 0 Å². The summed E-state index contributed by atoms with van der Waals surface area (Å²) in [6.07, 6.45) is 1.37. The largest absolute Gasteiger partial charge is 0.457 e. The van der Waals surface area contributed by atoms with Crippen LogP contribution in [-0.4, -0.2) is 11.6 Å². The topological polar surface area (TPSA) is 63.2 Å². The van der Waals surface area contributed by atoms with Gasteiger partial charge in [0.2, 0.25) is 5.76 Å². The highest BCUT2D eigenvalue weighted by Crippen LogP contribution is 2.11. The number of furan rings is 1. The molecule has 0 amide bonds.